The normalized spacial score (nSPS) is 10.7. The Kier molecular flexibility index (Phi) is 6.47. The summed E-state index contributed by atoms with van der Waals surface area (Å²) in [6.07, 6.45) is 0.989. The molecule has 2 aromatic carbocycles. The van der Waals surface area contributed by atoms with Crippen LogP contribution >= 0.6 is 11.3 Å². The van der Waals surface area contributed by atoms with Crippen molar-refractivity contribution in [2.24, 2.45) is 0 Å². The molecule has 0 saturated heterocycles. The van der Waals surface area contributed by atoms with E-state index >= 15 is 0 Å². The van der Waals surface area contributed by atoms with Crippen molar-refractivity contribution in [2.45, 2.75) is 12.8 Å². The molecule has 1 amide bonds. The monoisotopic (exact) mass is 463 g/mol. The molecule has 0 unspecified atom stereocenters. The minimum Gasteiger partial charge on any atom is -0.382 e. The lowest BCUT2D eigenvalue weighted by Crippen LogP contribution is -2.23. The van der Waals surface area contributed by atoms with Gasteiger partial charge in [-0.1, -0.05) is 12.1 Å². The van der Waals surface area contributed by atoms with Crippen molar-refractivity contribution in [1.29, 1.82) is 5.26 Å². The highest BCUT2D eigenvalue weighted by molar-refractivity contribution is 7.17. The highest BCUT2D eigenvalue weighted by Crippen LogP contribution is 2.28. The zero-order valence-electron chi connectivity index (χ0n) is 17.4. The van der Waals surface area contributed by atoms with Gasteiger partial charge in [0.15, 0.2) is 0 Å². The van der Waals surface area contributed by atoms with E-state index in [-0.39, 0.29) is 28.9 Å². The number of nitrogens with one attached hydrogen (secondary N) is 1. The Bertz CT molecular complexity index is 1320. The largest absolute Gasteiger partial charge is 0.382 e. The zero-order valence-corrected chi connectivity index (χ0v) is 18.2. The molecule has 2 heterocycles. The summed E-state index contributed by atoms with van der Waals surface area (Å²) in [4.78, 5) is 13.9. The first-order valence-electron chi connectivity index (χ1n) is 10.1. The molecule has 0 spiro atoms. The van der Waals surface area contributed by atoms with Gasteiger partial charge in [0, 0.05) is 11.4 Å². The van der Waals surface area contributed by atoms with Gasteiger partial charge in [-0.25, -0.2) is 13.5 Å². The van der Waals surface area contributed by atoms with Crippen molar-refractivity contribution in [3.63, 3.8) is 0 Å². The van der Waals surface area contributed by atoms with Crippen molar-refractivity contribution in [3.8, 4) is 22.2 Å². The summed E-state index contributed by atoms with van der Waals surface area (Å²) in [6.45, 7) is 0.386. The molecule has 0 bridgehead atoms. The van der Waals surface area contributed by atoms with Gasteiger partial charge in [-0.15, -0.1) is 11.3 Å². The number of aryl methyl sites for hydroxylation is 1. The third kappa shape index (κ3) is 4.91. The Morgan fingerprint density at radius 2 is 1.73 bits per heavy atom. The minimum atomic E-state index is -0.378. The van der Waals surface area contributed by atoms with Gasteiger partial charge in [-0.05, 0) is 66.9 Å². The number of hydrogen-bond donors (Lipinski definition) is 2. The molecule has 2 aromatic heterocycles. The van der Waals surface area contributed by atoms with E-state index in [2.05, 4.69) is 16.5 Å². The summed E-state index contributed by atoms with van der Waals surface area (Å²) >= 11 is 1.33. The number of aromatic nitrogens is 2. The van der Waals surface area contributed by atoms with Gasteiger partial charge in [0.05, 0.1) is 16.3 Å². The number of carbonyl (C=O) groups excluding carboxylic acids is 1. The summed E-state index contributed by atoms with van der Waals surface area (Å²) in [5.41, 5.74) is 8.26. The van der Waals surface area contributed by atoms with Crippen LogP contribution in [0.5, 0.6) is 0 Å². The average molecular weight is 464 g/mol. The second-order valence-electron chi connectivity index (χ2n) is 7.24. The number of thiophene rings is 1. The van der Waals surface area contributed by atoms with Gasteiger partial charge >= 0.3 is 0 Å². The van der Waals surface area contributed by atoms with Gasteiger partial charge < -0.3 is 11.1 Å². The number of anilines is 1. The Balaban J connectivity index is 1.36. The quantitative estimate of drug-likeness (QED) is 0.389. The van der Waals surface area contributed by atoms with Crippen molar-refractivity contribution in [2.75, 3.05) is 12.3 Å². The molecule has 0 atom stereocenters. The van der Waals surface area contributed by atoms with Crippen LogP contribution < -0.4 is 11.1 Å². The smallest absolute Gasteiger partial charge is 0.261 e. The molecular formula is C24H19F2N5OS. The number of hydrogen-bond acceptors (Lipinski definition) is 5. The van der Waals surface area contributed by atoms with Crippen molar-refractivity contribution >= 4 is 23.1 Å². The van der Waals surface area contributed by atoms with E-state index in [1.807, 2.05) is 6.07 Å². The van der Waals surface area contributed by atoms with Gasteiger partial charge in [-0.3, -0.25) is 4.79 Å². The SMILES string of the molecule is N#Cc1c(CCCNC(=O)c2ccc(-c3ccc(F)cc3)s2)nn(-c2ccc(F)cc2)c1N. The van der Waals surface area contributed by atoms with Gasteiger partial charge in [0.25, 0.3) is 5.91 Å². The number of amides is 1. The number of halogens is 2. The number of carbonyl (C=O) groups is 1. The number of benzene rings is 2. The topological polar surface area (TPSA) is 96.7 Å². The fraction of sp³-hybridized carbons (Fsp3) is 0.125. The summed E-state index contributed by atoms with van der Waals surface area (Å²) in [5, 5.41) is 16.7. The van der Waals surface area contributed by atoms with E-state index < -0.39 is 0 Å². The van der Waals surface area contributed by atoms with Gasteiger partial charge in [0.2, 0.25) is 0 Å². The van der Waals surface area contributed by atoms with E-state index in [0.717, 1.165) is 10.4 Å². The summed E-state index contributed by atoms with van der Waals surface area (Å²) in [6, 6.07) is 17.4. The van der Waals surface area contributed by atoms with E-state index in [1.54, 1.807) is 18.2 Å². The first-order chi connectivity index (χ1) is 16.0. The molecule has 0 saturated carbocycles. The van der Waals surface area contributed by atoms with Crippen LogP contribution in [-0.2, 0) is 6.42 Å². The molecule has 0 aliphatic carbocycles. The van der Waals surface area contributed by atoms with Crippen LogP contribution in [0.1, 0.15) is 27.3 Å². The van der Waals surface area contributed by atoms with Gasteiger partial charge in [0.1, 0.15) is 29.1 Å². The number of rotatable bonds is 7. The highest BCUT2D eigenvalue weighted by atomic mass is 32.1. The lowest BCUT2D eigenvalue weighted by atomic mass is 10.1. The molecule has 0 radical (unpaired) electrons. The highest BCUT2D eigenvalue weighted by Gasteiger charge is 2.17. The molecule has 0 aliphatic rings. The zero-order chi connectivity index (χ0) is 23.4. The molecule has 9 heteroatoms. The lowest BCUT2D eigenvalue weighted by molar-refractivity contribution is 0.0957. The molecule has 4 aromatic rings. The van der Waals surface area contributed by atoms with E-state index in [0.29, 0.717) is 35.6 Å². The van der Waals surface area contributed by atoms with E-state index in [4.69, 9.17) is 5.73 Å². The maximum Gasteiger partial charge on any atom is 0.261 e. The molecule has 0 fully saturated rings. The number of nitriles is 1. The Labute approximate surface area is 192 Å². The van der Waals surface area contributed by atoms with Crippen LogP contribution in [0.2, 0.25) is 0 Å². The van der Waals surface area contributed by atoms with Crippen LogP contribution in [0.25, 0.3) is 16.1 Å². The van der Waals surface area contributed by atoms with Gasteiger partial charge in [-0.2, -0.15) is 10.4 Å². The summed E-state index contributed by atoms with van der Waals surface area (Å²) < 4.78 is 27.7. The Hall–Kier alpha value is -4.03. The second kappa shape index (κ2) is 9.63. The third-order valence-corrected chi connectivity index (χ3v) is 6.14. The van der Waals surface area contributed by atoms with E-state index in [9.17, 15) is 18.8 Å². The number of nitrogens with two attached hydrogens (primary N) is 1. The van der Waals surface area contributed by atoms with E-state index in [1.165, 1.54) is 52.4 Å². The molecule has 3 N–H and O–H groups in total. The molecule has 6 nitrogen and oxygen atoms in total. The summed E-state index contributed by atoms with van der Waals surface area (Å²) in [5.74, 6) is -0.700. The lowest BCUT2D eigenvalue weighted by Gasteiger charge is -2.03. The van der Waals surface area contributed by atoms with Crippen LogP contribution in [-0.4, -0.2) is 22.2 Å². The number of nitrogens with zero attached hydrogens (tertiary/aromatic N) is 3. The molecule has 166 valence electrons. The molecule has 4 rings (SSSR count). The minimum absolute atomic E-state index is 0.190. The van der Waals surface area contributed by atoms with Crippen molar-refractivity contribution in [1.82, 2.24) is 15.1 Å². The summed E-state index contributed by atoms with van der Waals surface area (Å²) in [7, 11) is 0. The van der Waals surface area contributed by atoms with Crippen LogP contribution in [0.15, 0.2) is 60.7 Å². The van der Waals surface area contributed by atoms with Crippen molar-refractivity contribution in [3.05, 3.63) is 88.4 Å². The van der Waals surface area contributed by atoms with Crippen LogP contribution in [0, 0.1) is 23.0 Å². The fourth-order valence-electron chi connectivity index (χ4n) is 3.33. The maximum absolute atomic E-state index is 13.2. The maximum atomic E-state index is 13.2. The number of nitrogen functional groups attached to an aromatic ring is 1. The first-order valence-corrected chi connectivity index (χ1v) is 11.0. The Morgan fingerprint density at radius 1 is 1.06 bits per heavy atom. The molecule has 33 heavy (non-hydrogen) atoms. The fourth-order valence-corrected chi connectivity index (χ4v) is 4.26. The predicted octanol–water partition coefficient (Wildman–Crippen LogP) is 4.70. The Morgan fingerprint density at radius 3 is 2.39 bits per heavy atom. The molecular weight excluding hydrogens is 444 g/mol. The average Bonchev–Trinajstić information content (AvgIpc) is 3.43. The third-order valence-electron chi connectivity index (χ3n) is 5.01. The predicted molar refractivity (Wildman–Crippen MR) is 123 cm³/mol. The van der Waals surface area contributed by atoms with Crippen LogP contribution in [0.3, 0.4) is 0 Å². The second-order valence-corrected chi connectivity index (χ2v) is 8.32. The first kappa shape index (κ1) is 22.2. The molecule has 0 aliphatic heterocycles. The standard InChI is InChI=1S/C24H19F2N5OS/c25-16-5-3-15(4-6-16)21-11-12-22(33-21)24(32)29-13-1-2-20-19(14-27)23(28)31(30-20)18-9-7-17(26)8-10-18/h3-12H,1-2,13,28H2,(H,29,32). The van der Waals surface area contributed by atoms with Crippen LogP contribution in [0.4, 0.5) is 14.6 Å². The van der Waals surface area contributed by atoms with Crippen molar-refractivity contribution < 1.29 is 13.6 Å².